The number of hydrogen-bond donors (Lipinski definition) is 3. The Morgan fingerprint density at radius 2 is 1.83 bits per heavy atom. The Bertz CT molecular complexity index is 711. The van der Waals surface area contributed by atoms with Gasteiger partial charge in [-0.25, -0.2) is 0 Å². The van der Waals surface area contributed by atoms with Crippen molar-refractivity contribution in [1.82, 2.24) is 10.6 Å². The van der Waals surface area contributed by atoms with Gasteiger partial charge in [0.05, 0.1) is 6.54 Å². The third-order valence-electron chi connectivity index (χ3n) is 3.45. The largest absolute Gasteiger partial charge is 0.354 e. The van der Waals surface area contributed by atoms with Gasteiger partial charge in [-0.15, -0.1) is 0 Å². The molecule has 0 unspecified atom stereocenters. The fourth-order valence-corrected chi connectivity index (χ4v) is 2.47. The topological polar surface area (TPSA) is 65.5 Å². The number of amides is 1. The van der Waals surface area contributed by atoms with Crippen LogP contribution in [0, 0.1) is 0 Å². The van der Waals surface area contributed by atoms with Gasteiger partial charge in [-0.3, -0.25) is 9.79 Å². The first-order valence-electron chi connectivity index (χ1n) is 7.39. The zero-order chi connectivity index (χ0) is 16.1. The number of carbonyl (C=O) groups excluding carboxylic acids is 1. The predicted octanol–water partition coefficient (Wildman–Crippen LogP) is 3.39. The minimum absolute atomic E-state index is 0. The zero-order valence-corrected chi connectivity index (χ0v) is 14.1. The zero-order valence-electron chi connectivity index (χ0n) is 12.5. The summed E-state index contributed by atoms with van der Waals surface area (Å²) < 4.78 is 0.957. The van der Waals surface area contributed by atoms with Gasteiger partial charge >= 0.3 is 0 Å². The van der Waals surface area contributed by atoms with E-state index in [1.54, 1.807) is 12.1 Å². The van der Waals surface area contributed by atoms with Crippen LogP contribution in [0.25, 0.3) is 0 Å². The summed E-state index contributed by atoms with van der Waals surface area (Å²) in [4.78, 5) is 16.4. The second kappa shape index (κ2) is 8.49. The van der Waals surface area contributed by atoms with Gasteiger partial charge in [-0.1, -0.05) is 35.5 Å². The highest BCUT2D eigenvalue weighted by Gasteiger charge is 2.06. The highest BCUT2D eigenvalue weighted by Crippen LogP contribution is 2.12. The molecule has 0 bridgehead atoms. The Hall–Kier alpha value is -2.34. The standard InChI is InChI=1S/C17H17BrN4O.CH4/c18-14-5-3-13(4-6-14)16(23)21-11-12-1-7-15(8-2-12)22-17-19-9-10-20-17;/h1-8H,9-11H2,(H,21,23)(H2,19,20,22);1H4. The Morgan fingerprint density at radius 3 is 2.46 bits per heavy atom. The Balaban J connectivity index is 0.00000208. The maximum absolute atomic E-state index is 12.1. The van der Waals surface area contributed by atoms with Gasteiger partial charge in [0.1, 0.15) is 0 Å². The molecule has 2 aromatic carbocycles. The van der Waals surface area contributed by atoms with Crippen LogP contribution in [0.3, 0.4) is 0 Å². The molecule has 0 saturated carbocycles. The molecule has 1 aliphatic rings. The van der Waals surface area contributed by atoms with Gasteiger partial charge in [-0.05, 0) is 42.0 Å². The van der Waals surface area contributed by atoms with Crippen LogP contribution in [0.15, 0.2) is 58.0 Å². The van der Waals surface area contributed by atoms with Crippen molar-refractivity contribution in [3.05, 3.63) is 64.1 Å². The Morgan fingerprint density at radius 1 is 1.12 bits per heavy atom. The van der Waals surface area contributed by atoms with Crippen molar-refractivity contribution >= 4 is 33.5 Å². The van der Waals surface area contributed by atoms with E-state index in [1.165, 1.54) is 0 Å². The molecule has 24 heavy (non-hydrogen) atoms. The lowest BCUT2D eigenvalue weighted by Crippen LogP contribution is -2.26. The summed E-state index contributed by atoms with van der Waals surface area (Å²) in [5.41, 5.74) is 2.67. The second-order valence-corrected chi connectivity index (χ2v) is 6.08. The number of anilines is 1. The van der Waals surface area contributed by atoms with Gasteiger partial charge in [0.2, 0.25) is 0 Å². The first-order chi connectivity index (χ1) is 11.2. The molecule has 2 aromatic rings. The van der Waals surface area contributed by atoms with Crippen molar-refractivity contribution in [3.63, 3.8) is 0 Å². The van der Waals surface area contributed by atoms with Crippen LogP contribution in [-0.4, -0.2) is 25.0 Å². The maximum Gasteiger partial charge on any atom is 0.251 e. The van der Waals surface area contributed by atoms with Gasteiger partial charge in [0.25, 0.3) is 5.91 Å². The van der Waals surface area contributed by atoms with Crippen LogP contribution in [0.1, 0.15) is 23.3 Å². The fourth-order valence-electron chi connectivity index (χ4n) is 2.21. The summed E-state index contributed by atoms with van der Waals surface area (Å²) in [6.07, 6.45) is 0. The Labute approximate surface area is 150 Å². The summed E-state index contributed by atoms with van der Waals surface area (Å²) in [5.74, 6) is 0.727. The molecule has 0 spiro atoms. The van der Waals surface area contributed by atoms with Crippen LogP contribution in [-0.2, 0) is 6.54 Å². The van der Waals surface area contributed by atoms with E-state index in [0.29, 0.717) is 12.1 Å². The molecule has 0 atom stereocenters. The summed E-state index contributed by atoms with van der Waals surface area (Å²) in [5, 5.41) is 9.29. The van der Waals surface area contributed by atoms with E-state index >= 15 is 0 Å². The highest BCUT2D eigenvalue weighted by atomic mass is 79.9. The smallest absolute Gasteiger partial charge is 0.251 e. The number of benzene rings is 2. The van der Waals surface area contributed by atoms with Crippen molar-refractivity contribution in [3.8, 4) is 0 Å². The SMILES string of the molecule is C.O=C(NCc1ccc(NC2=NCCN2)cc1)c1ccc(Br)cc1. The Kier molecular flexibility index (Phi) is 6.37. The van der Waals surface area contributed by atoms with E-state index < -0.39 is 0 Å². The summed E-state index contributed by atoms with van der Waals surface area (Å²) in [6.45, 7) is 2.18. The van der Waals surface area contributed by atoms with Crippen molar-refractivity contribution in [1.29, 1.82) is 0 Å². The number of hydrogen-bond acceptors (Lipinski definition) is 4. The van der Waals surface area contributed by atoms with E-state index in [-0.39, 0.29) is 13.3 Å². The average molecular weight is 389 g/mol. The molecule has 0 fully saturated rings. The summed E-state index contributed by atoms with van der Waals surface area (Å²) in [7, 11) is 0. The first kappa shape index (κ1) is 18.0. The molecule has 1 amide bonds. The first-order valence-corrected chi connectivity index (χ1v) is 8.18. The lowest BCUT2D eigenvalue weighted by atomic mass is 10.2. The molecule has 5 nitrogen and oxygen atoms in total. The lowest BCUT2D eigenvalue weighted by molar-refractivity contribution is 0.0951. The van der Waals surface area contributed by atoms with Gasteiger partial charge in [0.15, 0.2) is 5.96 Å². The highest BCUT2D eigenvalue weighted by molar-refractivity contribution is 9.10. The molecule has 6 heteroatoms. The van der Waals surface area contributed by atoms with Crippen LogP contribution >= 0.6 is 15.9 Å². The molecule has 3 rings (SSSR count). The molecule has 1 heterocycles. The van der Waals surface area contributed by atoms with Crippen molar-refractivity contribution in [2.75, 3.05) is 18.4 Å². The summed E-state index contributed by atoms with van der Waals surface area (Å²) in [6, 6.07) is 15.2. The number of guanidine groups is 1. The predicted molar refractivity (Wildman–Crippen MR) is 102 cm³/mol. The molecule has 0 saturated heterocycles. The van der Waals surface area contributed by atoms with E-state index in [4.69, 9.17) is 0 Å². The molecular formula is C18H21BrN4O. The van der Waals surface area contributed by atoms with Gasteiger partial charge in [-0.2, -0.15) is 0 Å². The molecule has 0 aliphatic carbocycles. The minimum atomic E-state index is -0.0794. The van der Waals surface area contributed by atoms with Crippen molar-refractivity contribution in [2.45, 2.75) is 14.0 Å². The average Bonchev–Trinajstić information content (AvgIpc) is 3.07. The van der Waals surface area contributed by atoms with Crippen LogP contribution in [0.4, 0.5) is 5.69 Å². The number of nitrogens with one attached hydrogen (secondary N) is 3. The number of carbonyl (C=O) groups is 1. The van der Waals surface area contributed by atoms with Crippen LogP contribution < -0.4 is 16.0 Å². The van der Waals surface area contributed by atoms with Crippen molar-refractivity contribution in [2.24, 2.45) is 4.99 Å². The number of aliphatic imine (C=N–C) groups is 1. The summed E-state index contributed by atoms with van der Waals surface area (Å²) >= 11 is 3.36. The van der Waals surface area contributed by atoms with E-state index in [0.717, 1.165) is 34.8 Å². The van der Waals surface area contributed by atoms with E-state index in [2.05, 4.69) is 36.9 Å². The van der Waals surface area contributed by atoms with Crippen LogP contribution in [0.5, 0.6) is 0 Å². The van der Waals surface area contributed by atoms with Gasteiger partial charge in [0, 0.05) is 28.8 Å². The van der Waals surface area contributed by atoms with Crippen LogP contribution in [0.2, 0.25) is 0 Å². The second-order valence-electron chi connectivity index (χ2n) is 5.17. The molecule has 126 valence electrons. The fraction of sp³-hybridized carbons (Fsp3) is 0.222. The number of nitrogens with zero attached hydrogens (tertiary/aromatic N) is 1. The minimum Gasteiger partial charge on any atom is -0.354 e. The van der Waals surface area contributed by atoms with Gasteiger partial charge < -0.3 is 16.0 Å². The van der Waals surface area contributed by atoms with E-state index in [9.17, 15) is 4.79 Å². The number of halogens is 1. The molecule has 3 N–H and O–H groups in total. The van der Waals surface area contributed by atoms with E-state index in [1.807, 2.05) is 36.4 Å². The molecule has 1 aliphatic heterocycles. The maximum atomic E-state index is 12.1. The normalized spacial score (nSPS) is 12.6. The molecular weight excluding hydrogens is 368 g/mol. The lowest BCUT2D eigenvalue weighted by Gasteiger charge is -2.09. The van der Waals surface area contributed by atoms with Crippen molar-refractivity contribution < 1.29 is 4.79 Å². The molecule has 0 aromatic heterocycles. The number of rotatable bonds is 4. The molecule has 0 radical (unpaired) electrons. The monoisotopic (exact) mass is 388 g/mol. The third-order valence-corrected chi connectivity index (χ3v) is 3.98. The quantitative estimate of drug-likeness (QED) is 0.751. The third kappa shape index (κ3) is 4.83.